The van der Waals surface area contributed by atoms with E-state index in [9.17, 15) is 9.59 Å². The Kier molecular flexibility index (Phi) is 9.41. The van der Waals surface area contributed by atoms with Crippen LogP contribution in [0, 0.1) is 0 Å². The third-order valence-electron chi connectivity index (χ3n) is 5.41. The molecule has 0 radical (unpaired) electrons. The Hall–Kier alpha value is -3.72. The van der Waals surface area contributed by atoms with E-state index in [1.807, 2.05) is 36.4 Å². The fraction of sp³-hybridized carbons (Fsp3) is 0.200. The molecule has 168 valence electrons. The molecule has 0 aliphatic rings. The van der Waals surface area contributed by atoms with Gasteiger partial charge in [-0.25, -0.2) is 0 Å². The van der Waals surface area contributed by atoms with E-state index in [4.69, 9.17) is 4.74 Å². The van der Waals surface area contributed by atoms with Crippen molar-refractivity contribution in [2.24, 2.45) is 0 Å². The second-order valence-corrected chi connectivity index (χ2v) is 7.97. The van der Waals surface area contributed by atoms with Crippen molar-refractivity contribution in [1.29, 1.82) is 0 Å². The van der Waals surface area contributed by atoms with Crippen LogP contribution in [0.2, 0.25) is 0 Å². The lowest BCUT2D eigenvalue weighted by Gasteiger charge is -2.05. The smallest absolute Gasteiger partial charge is 0.311 e. The highest BCUT2D eigenvalue weighted by Crippen LogP contribution is 2.16. The van der Waals surface area contributed by atoms with Crippen molar-refractivity contribution in [2.75, 3.05) is 0 Å². The van der Waals surface area contributed by atoms with Crippen molar-refractivity contribution in [1.82, 2.24) is 0 Å². The summed E-state index contributed by atoms with van der Waals surface area (Å²) in [5.74, 6) is 0.267. The quantitative estimate of drug-likeness (QED) is 0.0978. The standard InChI is InChI=1S/C30H30O3/c1-2-24-14-16-25(17-15-24)10-6-3-4-9-13-30(32)33-28-21-18-26(19-22-28)20-23-29(31)27-11-7-5-8-12-27/h2,5,7-8,11-12,14-23H,1,3-4,6,9-10,13H2. The van der Waals surface area contributed by atoms with Gasteiger partial charge in [-0.3, -0.25) is 9.59 Å². The van der Waals surface area contributed by atoms with Crippen LogP contribution in [0.25, 0.3) is 12.2 Å². The lowest BCUT2D eigenvalue weighted by molar-refractivity contribution is -0.134. The van der Waals surface area contributed by atoms with Crippen LogP contribution in [-0.2, 0) is 11.2 Å². The van der Waals surface area contributed by atoms with Crippen molar-refractivity contribution in [3.8, 4) is 5.75 Å². The summed E-state index contributed by atoms with van der Waals surface area (Å²) < 4.78 is 5.42. The first-order valence-corrected chi connectivity index (χ1v) is 11.4. The summed E-state index contributed by atoms with van der Waals surface area (Å²) in [6.07, 6.45) is 10.7. The Morgan fingerprint density at radius 1 is 0.758 bits per heavy atom. The molecular weight excluding hydrogens is 408 g/mol. The number of hydrogen-bond acceptors (Lipinski definition) is 3. The molecule has 0 saturated carbocycles. The number of hydrogen-bond donors (Lipinski definition) is 0. The molecule has 0 aromatic heterocycles. The molecular formula is C30H30O3. The number of benzene rings is 3. The topological polar surface area (TPSA) is 43.4 Å². The molecule has 0 aliphatic heterocycles. The average molecular weight is 439 g/mol. The predicted molar refractivity (Wildman–Crippen MR) is 135 cm³/mol. The third-order valence-corrected chi connectivity index (χ3v) is 5.41. The van der Waals surface area contributed by atoms with Gasteiger partial charge in [0.1, 0.15) is 5.75 Å². The van der Waals surface area contributed by atoms with Gasteiger partial charge in [-0.15, -0.1) is 0 Å². The normalized spacial score (nSPS) is 10.8. The summed E-state index contributed by atoms with van der Waals surface area (Å²) >= 11 is 0. The number of unbranched alkanes of at least 4 members (excludes halogenated alkanes) is 3. The van der Waals surface area contributed by atoms with Gasteiger partial charge >= 0.3 is 5.97 Å². The Labute approximate surface area is 196 Å². The number of ketones is 1. The van der Waals surface area contributed by atoms with Gasteiger partial charge in [-0.2, -0.15) is 0 Å². The fourth-order valence-electron chi connectivity index (χ4n) is 3.47. The molecule has 3 nitrogen and oxygen atoms in total. The van der Waals surface area contributed by atoms with Gasteiger partial charge in [0.15, 0.2) is 5.78 Å². The van der Waals surface area contributed by atoms with E-state index in [2.05, 4.69) is 30.8 Å². The van der Waals surface area contributed by atoms with Crippen LogP contribution >= 0.6 is 0 Å². The second-order valence-electron chi connectivity index (χ2n) is 7.97. The van der Waals surface area contributed by atoms with E-state index in [-0.39, 0.29) is 11.8 Å². The van der Waals surface area contributed by atoms with Crippen molar-refractivity contribution < 1.29 is 14.3 Å². The first-order valence-electron chi connectivity index (χ1n) is 11.4. The molecule has 0 unspecified atom stereocenters. The molecule has 0 N–H and O–H groups in total. The molecule has 3 aromatic carbocycles. The average Bonchev–Trinajstić information content (AvgIpc) is 2.86. The predicted octanol–water partition coefficient (Wildman–Crippen LogP) is 7.32. The zero-order chi connectivity index (χ0) is 23.3. The maximum absolute atomic E-state index is 12.1. The first-order chi connectivity index (χ1) is 16.1. The molecule has 0 amide bonds. The number of aryl methyl sites for hydroxylation is 1. The summed E-state index contributed by atoms with van der Waals surface area (Å²) in [5, 5.41) is 0. The van der Waals surface area contributed by atoms with Crippen LogP contribution in [0.5, 0.6) is 5.75 Å². The summed E-state index contributed by atoms with van der Waals surface area (Å²) in [7, 11) is 0. The number of carbonyl (C=O) groups is 2. The number of allylic oxidation sites excluding steroid dienone is 1. The lowest BCUT2D eigenvalue weighted by atomic mass is 10.0. The van der Waals surface area contributed by atoms with Crippen LogP contribution in [0.1, 0.15) is 59.2 Å². The van der Waals surface area contributed by atoms with E-state index >= 15 is 0 Å². The summed E-state index contributed by atoms with van der Waals surface area (Å²) in [4.78, 5) is 24.2. The van der Waals surface area contributed by atoms with Gasteiger partial charge in [0.05, 0.1) is 0 Å². The van der Waals surface area contributed by atoms with Crippen LogP contribution in [0.4, 0.5) is 0 Å². The van der Waals surface area contributed by atoms with Crippen LogP contribution < -0.4 is 4.74 Å². The summed E-state index contributed by atoms with van der Waals surface area (Å²) in [5.41, 5.74) is 4.00. The minimum Gasteiger partial charge on any atom is -0.427 e. The van der Waals surface area contributed by atoms with E-state index in [0.717, 1.165) is 43.2 Å². The largest absolute Gasteiger partial charge is 0.427 e. The van der Waals surface area contributed by atoms with Gasteiger partial charge < -0.3 is 4.74 Å². The summed E-state index contributed by atoms with van der Waals surface area (Å²) in [6.45, 7) is 3.77. The van der Waals surface area contributed by atoms with E-state index < -0.39 is 0 Å². The van der Waals surface area contributed by atoms with Crippen molar-refractivity contribution in [3.63, 3.8) is 0 Å². The Morgan fingerprint density at radius 3 is 2.12 bits per heavy atom. The number of rotatable bonds is 12. The van der Waals surface area contributed by atoms with Gasteiger partial charge in [-0.05, 0) is 54.2 Å². The van der Waals surface area contributed by atoms with E-state index in [1.54, 1.807) is 36.4 Å². The number of carbonyl (C=O) groups excluding carboxylic acids is 2. The lowest BCUT2D eigenvalue weighted by Crippen LogP contribution is -2.07. The van der Waals surface area contributed by atoms with Crippen molar-refractivity contribution >= 4 is 23.9 Å². The molecule has 0 bridgehead atoms. The number of esters is 1. The molecule has 0 saturated heterocycles. The van der Waals surface area contributed by atoms with Crippen LogP contribution in [0.15, 0.2) is 91.5 Å². The molecule has 0 spiro atoms. The Bertz CT molecular complexity index is 1060. The minimum absolute atomic E-state index is 0.0447. The van der Waals surface area contributed by atoms with Crippen molar-refractivity contribution in [3.05, 3.63) is 114 Å². The molecule has 0 atom stereocenters. The van der Waals surface area contributed by atoms with Gasteiger partial charge in [0.2, 0.25) is 0 Å². The van der Waals surface area contributed by atoms with Crippen LogP contribution in [0.3, 0.4) is 0 Å². The fourth-order valence-corrected chi connectivity index (χ4v) is 3.47. The summed E-state index contributed by atoms with van der Waals surface area (Å²) in [6, 6.07) is 24.8. The maximum atomic E-state index is 12.1. The number of ether oxygens (including phenoxy) is 1. The highest BCUT2D eigenvalue weighted by atomic mass is 16.5. The molecule has 3 rings (SSSR count). The molecule has 0 heterocycles. The van der Waals surface area contributed by atoms with E-state index in [0.29, 0.717) is 17.7 Å². The zero-order valence-electron chi connectivity index (χ0n) is 18.9. The Morgan fingerprint density at radius 2 is 1.42 bits per heavy atom. The molecule has 33 heavy (non-hydrogen) atoms. The first kappa shape index (κ1) is 23.9. The highest BCUT2D eigenvalue weighted by Gasteiger charge is 2.05. The zero-order valence-corrected chi connectivity index (χ0v) is 18.9. The van der Waals surface area contributed by atoms with Gasteiger partial charge in [0, 0.05) is 12.0 Å². The van der Waals surface area contributed by atoms with Crippen LogP contribution in [-0.4, -0.2) is 11.8 Å². The van der Waals surface area contributed by atoms with Crippen molar-refractivity contribution in [2.45, 2.75) is 38.5 Å². The molecule has 0 fully saturated rings. The molecule has 3 heteroatoms. The Balaban J connectivity index is 1.32. The molecule has 3 aromatic rings. The van der Waals surface area contributed by atoms with Gasteiger partial charge in [-0.1, -0.05) is 98.3 Å². The molecule has 0 aliphatic carbocycles. The minimum atomic E-state index is -0.211. The maximum Gasteiger partial charge on any atom is 0.311 e. The van der Waals surface area contributed by atoms with E-state index in [1.165, 1.54) is 5.56 Å². The highest BCUT2D eigenvalue weighted by molar-refractivity contribution is 6.06. The third kappa shape index (κ3) is 8.38. The van der Waals surface area contributed by atoms with Gasteiger partial charge in [0.25, 0.3) is 0 Å². The SMILES string of the molecule is C=Cc1ccc(CCCCCCC(=O)Oc2ccc(C=CC(=O)c3ccccc3)cc2)cc1. The second kappa shape index (κ2) is 13.0. The monoisotopic (exact) mass is 438 g/mol.